The Kier molecular flexibility index (Phi) is 1.89. The van der Waals surface area contributed by atoms with Crippen molar-refractivity contribution in [2.24, 2.45) is 0 Å². The van der Waals surface area contributed by atoms with Gasteiger partial charge in [-0.15, -0.1) is 0 Å². The standard InChI is InChI=1S/C8H9NO2/c1-5-8(6(2)10)3-7(11)4-9-5/h3-4,11H,1-2H3. The molecule has 1 heterocycles. The Hall–Kier alpha value is -1.38. The number of ketones is 1. The first-order valence-corrected chi connectivity index (χ1v) is 3.28. The van der Waals surface area contributed by atoms with Crippen molar-refractivity contribution in [3.05, 3.63) is 23.5 Å². The molecule has 0 spiro atoms. The summed E-state index contributed by atoms with van der Waals surface area (Å²) in [6, 6.07) is 1.42. The van der Waals surface area contributed by atoms with Crippen molar-refractivity contribution in [3.8, 4) is 5.75 Å². The predicted octanol–water partition coefficient (Wildman–Crippen LogP) is 1.30. The van der Waals surface area contributed by atoms with Gasteiger partial charge in [0.15, 0.2) is 5.78 Å². The average molecular weight is 151 g/mol. The number of carbonyl (C=O) groups excluding carboxylic acids is 1. The topological polar surface area (TPSA) is 50.2 Å². The van der Waals surface area contributed by atoms with Crippen molar-refractivity contribution < 1.29 is 9.90 Å². The first-order valence-electron chi connectivity index (χ1n) is 3.28. The summed E-state index contributed by atoms with van der Waals surface area (Å²) in [5.74, 6) is -0.0494. The fourth-order valence-electron chi connectivity index (χ4n) is 0.878. The van der Waals surface area contributed by atoms with Gasteiger partial charge in [-0.05, 0) is 19.9 Å². The third kappa shape index (κ3) is 1.55. The van der Waals surface area contributed by atoms with Gasteiger partial charge in [-0.1, -0.05) is 0 Å². The van der Waals surface area contributed by atoms with Crippen molar-refractivity contribution in [1.29, 1.82) is 0 Å². The lowest BCUT2D eigenvalue weighted by molar-refractivity contribution is 0.101. The van der Waals surface area contributed by atoms with Gasteiger partial charge in [0.05, 0.1) is 6.20 Å². The molecule has 58 valence electrons. The van der Waals surface area contributed by atoms with Crippen LogP contribution in [0.4, 0.5) is 0 Å². The molecule has 0 aliphatic heterocycles. The quantitative estimate of drug-likeness (QED) is 0.615. The molecule has 1 N–H and O–H groups in total. The molecule has 0 bridgehead atoms. The molecular weight excluding hydrogens is 142 g/mol. The van der Waals surface area contributed by atoms with Gasteiger partial charge in [-0.25, -0.2) is 0 Å². The van der Waals surface area contributed by atoms with Crippen LogP contribution in [0.15, 0.2) is 12.3 Å². The SMILES string of the molecule is CC(=O)c1cc(O)cnc1C. The maximum absolute atomic E-state index is 10.9. The zero-order valence-electron chi connectivity index (χ0n) is 6.46. The van der Waals surface area contributed by atoms with Gasteiger partial charge in [-0.2, -0.15) is 0 Å². The highest BCUT2D eigenvalue weighted by molar-refractivity contribution is 5.95. The molecule has 0 aliphatic carbocycles. The van der Waals surface area contributed by atoms with Gasteiger partial charge in [-0.3, -0.25) is 9.78 Å². The van der Waals surface area contributed by atoms with Gasteiger partial charge in [0, 0.05) is 11.3 Å². The van der Waals surface area contributed by atoms with Gasteiger partial charge in [0.1, 0.15) is 5.75 Å². The minimum Gasteiger partial charge on any atom is -0.506 e. The van der Waals surface area contributed by atoms with Gasteiger partial charge in [0.25, 0.3) is 0 Å². The fourth-order valence-corrected chi connectivity index (χ4v) is 0.878. The van der Waals surface area contributed by atoms with Gasteiger partial charge >= 0.3 is 0 Å². The summed E-state index contributed by atoms with van der Waals surface area (Å²) in [7, 11) is 0. The summed E-state index contributed by atoms with van der Waals surface area (Å²) in [6.45, 7) is 3.18. The van der Waals surface area contributed by atoms with E-state index in [2.05, 4.69) is 4.98 Å². The first-order chi connectivity index (χ1) is 5.11. The van der Waals surface area contributed by atoms with Crippen LogP contribution in [0.25, 0.3) is 0 Å². The molecule has 0 fully saturated rings. The zero-order chi connectivity index (χ0) is 8.43. The van der Waals surface area contributed by atoms with Crippen LogP contribution in [-0.4, -0.2) is 15.9 Å². The number of hydrogen-bond donors (Lipinski definition) is 1. The molecule has 0 atom stereocenters. The van der Waals surface area contributed by atoms with Crippen LogP contribution in [0, 0.1) is 6.92 Å². The molecule has 0 aliphatic rings. The van der Waals surface area contributed by atoms with E-state index in [0.717, 1.165) is 0 Å². The molecule has 1 rings (SSSR count). The van der Waals surface area contributed by atoms with Crippen LogP contribution in [0.1, 0.15) is 23.0 Å². The van der Waals surface area contributed by atoms with Crippen molar-refractivity contribution in [2.45, 2.75) is 13.8 Å². The molecule has 3 heteroatoms. The lowest BCUT2D eigenvalue weighted by Gasteiger charge is -1.99. The first kappa shape index (κ1) is 7.72. The van der Waals surface area contributed by atoms with Crippen LogP contribution in [0.5, 0.6) is 5.75 Å². The molecule has 1 aromatic heterocycles. The minimum atomic E-state index is -0.0779. The monoisotopic (exact) mass is 151 g/mol. The Balaban J connectivity index is 3.23. The van der Waals surface area contributed by atoms with E-state index in [4.69, 9.17) is 5.11 Å². The van der Waals surface area contributed by atoms with E-state index in [-0.39, 0.29) is 11.5 Å². The number of rotatable bonds is 1. The summed E-state index contributed by atoms with van der Waals surface area (Å²) in [5.41, 5.74) is 1.13. The molecule has 0 amide bonds. The van der Waals surface area contributed by atoms with E-state index in [1.165, 1.54) is 19.2 Å². The number of carbonyl (C=O) groups is 1. The van der Waals surface area contributed by atoms with Crippen molar-refractivity contribution in [1.82, 2.24) is 4.98 Å². The smallest absolute Gasteiger partial charge is 0.161 e. The minimum absolute atomic E-state index is 0.0285. The number of Topliss-reactive ketones (excluding diaryl/α,β-unsaturated/α-hetero) is 1. The van der Waals surface area contributed by atoms with Gasteiger partial charge in [0.2, 0.25) is 0 Å². The van der Waals surface area contributed by atoms with E-state index >= 15 is 0 Å². The number of pyridine rings is 1. The molecule has 1 aromatic rings. The predicted molar refractivity (Wildman–Crippen MR) is 40.6 cm³/mol. The highest BCUT2D eigenvalue weighted by atomic mass is 16.3. The van der Waals surface area contributed by atoms with Crippen molar-refractivity contribution in [3.63, 3.8) is 0 Å². The highest BCUT2D eigenvalue weighted by Gasteiger charge is 2.04. The van der Waals surface area contributed by atoms with Crippen molar-refractivity contribution in [2.75, 3.05) is 0 Å². The molecule has 0 aromatic carbocycles. The summed E-state index contributed by atoms with van der Waals surface area (Å²) in [5, 5.41) is 8.97. The molecule has 0 saturated heterocycles. The Morgan fingerprint density at radius 3 is 2.73 bits per heavy atom. The van der Waals surface area contributed by atoms with Crippen LogP contribution < -0.4 is 0 Å². The van der Waals surface area contributed by atoms with Crippen LogP contribution in [-0.2, 0) is 0 Å². The molecule has 0 saturated carbocycles. The van der Waals surface area contributed by atoms with Crippen molar-refractivity contribution >= 4 is 5.78 Å². The van der Waals surface area contributed by atoms with E-state index < -0.39 is 0 Å². The van der Waals surface area contributed by atoms with E-state index in [9.17, 15) is 4.79 Å². The zero-order valence-corrected chi connectivity index (χ0v) is 6.46. The number of aryl methyl sites for hydroxylation is 1. The maximum atomic E-state index is 10.9. The van der Waals surface area contributed by atoms with Crippen LogP contribution in [0.2, 0.25) is 0 Å². The van der Waals surface area contributed by atoms with Gasteiger partial charge < -0.3 is 5.11 Å². The fraction of sp³-hybridized carbons (Fsp3) is 0.250. The van der Waals surface area contributed by atoms with Crippen LogP contribution >= 0.6 is 0 Å². The third-order valence-corrected chi connectivity index (χ3v) is 1.45. The molecule has 11 heavy (non-hydrogen) atoms. The molecule has 0 unspecified atom stereocenters. The lowest BCUT2D eigenvalue weighted by Crippen LogP contribution is -1.97. The Morgan fingerprint density at radius 2 is 2.27 bits per heavy atom. The average Bonchev–Trinajstić information content (AvgIpc) is 1.94. The second kappa shape index (κ2) is 2.70. The largest absolute Gasteiger partial charge is 0.506 e. The number of aromatic nitrogens is 1. The Bertz CT molecular complexity index is 294. The highest BCUT2D eigenvalue weighted by Crippen LogP contribution is 2.12. The third-order valence-electron chi connectivity index (χ3n) is 1.45. The van der Waals surface area contributed by atoms with E-state index in [0.29, 0.717) is 11.3 Å². The van der Waals surface area contributed by atoms with Crippen LogP contribution in [0.3, 0.4) is 0 Å². The normalized spacial score (nSPS) is 9.64. The number of nitrogens with zero attached hydrogens (tertiary/aromatic N) is 1. The Morgan fingerprint density at radius 1 is 1.64 bits per heavy atom. The lowest BCUT2D eigenvalue weighted by atomic mass is 10.1. The Labute approximate surface area is 64.7 Å². The summed E-state index contributed by atoms with van der Waals surface area (Å²) < 4.78 is 0. The second-order valence-electron chi connectivity index (χ2n) is 2.38. The number of aromatic hydroxyl groups is 1. The summed E-state index contributed by atoms with van der Waals surface area (Å²) >= 11 is 0. The van der Waals surface area contributed by atoms with E-state index in [1.807, 2.05) is 0 Å². The molecule has 0 radical (unpaired) electrons. The van der Waals surface area contributed by atoms with E-state index in [1.54, 1.807) is 6.92 Å². The second-order valence-corrected chi connectivity index (χ2v) is 2.38. The molecular formula is C8H9NO2. The number of hydrogen-bond acceptors (Lipinski definition) is 3. The summed E-state index contributed by atoms with van der Waals surface area (Å²) in [6.07, 6.45) is 1.32. The maximum Gasteiger partial charge on any atom is 0.161 e. The summed E-state index contributed by atoms with van der Waals surface area (Å²) in [4.78, 5) is 14.7. The molecule has 3 nitrogen and oxygen atoms in total.